The third kappa shape index (κ3) is 3.54. The number of aliphatic carboxylic acids is 1. The lowest BCUT2D eigenvalue weighted by Crippen LogP contribution is -2.51. The molecule has 19 heavy (non-hydrogen) atoms. The summed E-state index contributed by atoms with van der Waals surface area (Å²) >= 11 is 0. The maximum Gasteiger partial charge on any atom is 0.303 e. The number of hydrogen-bond acceptors (Lipinski definition) is 3. The Morgan fingerprint density at radius 1 is 1.32 bits per heavy atom. The van der Waals surface area contributed by atoms with E-state index >= 15 is 0 Å². The van der Waals surface area contributed by atoms with Gasteiger partial charge < -0.3 is 10.0 Å². The molecule has 0 radical (unpaired) electrons. The number of carboxylic acid groups (broad SMARTS) is 1. The number of hydrogen-bond donors (Lipinski definition) is 1. The first-order valence-electron chi connectivity index (χ1n) is 6.32. The lowest BCUT2D eigenvalue weighted by molar-refractivity contribution is -0.139. The molecule has 1 aromatic carbocycles. The molecule has 0 aromatic heterocycles. The van der Waals surface area contributed by atoms with Crippen molar-refractivity contribution in [3.63, 3.8) is 0 Å². The van der Waals surface area contributed by atoms with E-state index in [0.29, 0.717) is 19.6 Å². The largest absolute Gasteiger partial charge is 0.481 e. The fourth-order valence-corrected chi connectivity index (χ4v) is 2.27. The van der Waals surface area contributed by atoms with E-state index in [1.807, 2.05) is 35.2 Å². The predicted molar refractivity (Wildman–Crippen MR) is 72.0 cm³/mol. The summed E-state index contributed by atoms with van der Waals surface area (Å²) in [5, 5.41) is 8.66. The highest BCUT2D eigenvalue weighted by molar-refractivity contribution is 5.94. The first-order valence-corrected chi connectivity index (χ1v) is 6.32. The number of carbonyl (C=O) groups is 2. The van der Waals surface area contributed by atoms with Crippen molar-refractivity contribution in [3.05, 3.63) is 30.3 Å². The van der Waals surface area contributed by atoms with Crippen molar-refractivity contribution in [1.29, 1.82) is 0 Å². The Morgan fingerprint density at radius 3 is 2.53 bits per heavy atom. The first-order chi connectivity index (χ1) is 9.06. The minimum absolute atomic E-state index is 0.0278. The van der Waals surface area contributed by atoms with Gasteiger partial charge in [-0.1, -0.05) is 18.2 Å². The Kier molecular flexibility index (Phi) is 4.16. The molecule has 5 heteroatoms. The van der Waals surface area contributed by atoms with Crippen LogP contribution in [0.25, 0.3) is 0 Å². The predicted octanol–water partition coefficient (Wildman–Crippen LogP) is 1.06. The lowest BCUT2D eigenvalue weighted by atomic mass is 9.96. The van der Waals surface area contributed by atoms with E-state index in [1.54, 1.807) is 11.9 Å². The fraction of sp³-hybridized carbons (Fsp3) is 0.429. The number of benzene rings is 1. The van der Waals surface area contributed by atoms with Gasteiger partial charge in [-0.3, -0.25) is 14.5 Å². The Labute approximate surface area is 112 Å². The van der Waals surface area contributed by atoms with E-state index in [4.69, 9.17) is 5.11 Å². The number of para-hydroxylation sites is 1. The normalized spacial score (nSPS) is 15.8. The molecule has 1 aromatic rings. The maximum absolute atomic E-state index is 12.0. The SMILES string of the molecule is CN(C(=O)CN1CC(CC(=O)O)C1)c1ccccc1. The minimum atomic E-state index is -0.766. The molecule has 0 aliphatic carbocycles. The van der Waals surface area contributed by atoms with Gasteiger partial charge in [-0.05, 0) is 18.1 Å². The van der Waals surface area contributed by atoms with Crippen LogP contribution in [0.3, 0.4) is 0 Å². The van der Waals surface area contributed by atoms with Crippen molar-refractivity contribution >= 4 is 17.6 Å². The summed E-state index contributed by atoms with van der Waals surface area (Å²) in [5.41, 5.74) is 0.870. The minimum Gasteiger partial charge on any atom is -0.481 e. The topological polar surface area (TPSA) is 60.9 Å². The van der Waals surface area contributed by atoms with Gasteiger partial charge in [0.25, 0.3) is 0 Å². The summed E-state index contributed by atoms with van der Waals surface area (Å²) in [6, 6.07) is 9.48. The number of nitrogens with zero attached hydrogens (tertiary/aromatic N) is 2. The van der Waals surface area contributed by atoms with Crippen LogP contribution in [-0.4, -0.2) is 48.6 Å². The molecular weight excluding hydrogens is 244 g/mol. The second-order valence-electron chi connectivity index (χ2n) is 4.95. The van der Waals surface area contributed by atoms with Crippen molar-refractivity contribution < 1.29 is 14.7 Å². The van der Waals surface area contributed by atoms with Crippen LogP contribution in [0, 0.1) is 5.92 Å². The number of anilines is 1. The first kappa shape index (κ1) is 13.5. The molecule has 1 aliphatic rings. The molecule has 0 unspecified atom stereocenters. The molecule has 2 rings (SSSR count). The van der Waals surface area contributed by atoms with E-state index in [9.17, 15) is 9.59 Å². The van der Waals surface area contributed by atoms with Gasteiger partial charge in [0.1, 0.15) is 0 Å². The van der Waals surface area contributed by atoms with Crippen LogP contribution < -0.4 is 4.90 Å². The summed E-state index contributed by atoms with van der Waals surface area (Å²) in [6.07, 6.45) is 0.194. The van der Waals surface area contributed by atoms with Crippen molar-refractivity contribution in [1.82, 2.24) is 4.90 Å². The van der Waals surface area contributed by atoms with Gasteiger partial charge in [-0.2, -0.15) is 0 Å². The number of likely N-dealkylation sites (N-methyl/N-ethyl adjacent to an activating group) is 1. The van der Waals surface area contributed by atoms with Crippen LogP contribution in [-0.2, 0) is 9.59 Å². The van der Waals surface area contributed by atoms with E-state index in [-0.39, 0.29) is 18.2 Å². The zero-order valence-corrected chi connectivity index (χ0v) is 11.0. The smallest absolute Gasteiger partial charge is 0.303 e. The molecule has 0 spiro atoms. The van der Waals surface area contributed by atoms with Gasteiger partial charge in [-0.15, -0.1) is 0 Å². The summed E-state index contributed by atoms with van der Waals surface area (Å²) in [6.45, 7) is 1.74. The van der Waals surface area contributed by atoms with Crippen LogP contribution in [0.1, 0.15) is 6.42 Å². The fourth-order valence-electron chi connectivity index (χ4n) is 2.27. The second kappa shape index (κ2) is 5.84. The highest BCUT2D eigenvalue weighted by Gasteiger charge is 2.30. The van der Waals surface area contributed by atoms with Crippen LogP contribution in [0.4, 0.5) is 5.69 Å². The molecule has 0 bridgehead atoms. The Morgan fingerprint density at radius 2 is 1.95 bits per heavy atom. The summed E-state index contributed by atoms with van der Waals surface area (Å²) in [4.78, 5) is 26.2. The lowest BCUT2D eigenvalue weighted by Gasteiger charge is -2.38. The monoisotopic (exact) mass is 262 g/mol. The van der Waals surface area contributed by atoms with Crippen molar-refractivity contribution in [2.24, 2.45) is 5.92 Å². The van der Waals surface area contributed by atoms with Crippen molar-refractivity contribution in [3.8, 4) is 0 Å². The molecule has 1 saturated heterocycles. The Bertz CT molecular complexity index is 455. The molecule has 1 aliphatic heterocycles. The molecule has 0 atom stereocenters. The quantitative estimate of drug-likeness (QED) is 0.862. The Hall–Kier alpha value is -1.88. The third-order valence-corrected chi connectivity index (χ3v) is 3.37. The number of carboxylic acids is 1. The zero-order valence-electron chi connectivity index (χ0n) is 11.0. The molecule has 5 nitrogen and oxygen atoms in total. The molecule has 1 N–H and O–H groups in total. The highest BCUT2D eigenvalue weighted by Crippen LogP contribution is 2.19. The van der Waals surface area contributed by atoms with Gasteiger partial charge >= 0.3 is 5.97 Å². The van der Waals surface area contributed by atoms with Gasteiger partial charge in [0.2, 0.25) is 5.91 Å². The van der Waals surface area contributed by atoms with Gasteiger partial charge in [0, 0.05) is 25.8 Å². The summed E-state index contributed by atoms with van der Waals surface area (Å²) in [7, 11) is 1.76. The van der Waals surface area contributed by atoms with Gasteiger partial charge in [0.05, 0.1) is 13.0 Å². The van der Waals surface area contributed by atoms with Crippen molar-refractivity contribution in [2.75, 3.05) is 31.6 Å². The molecule has 1 fully saturated rings. The van der Waals surface area contributed by atoms with Crippen molar-refractivity contribution in [2.45, 2.75) is 6.42 Å². The van der Waals surface area contributed by atoms with Crippen LogP contribution >= 0.6 is 0 Å². The second-order valence-corrected chi connectivity index (χ2v) is 4.95. The molecule has 102 valence electrons. The van der Waals surface area contributed by atoms with E-state index < -0.39 is 5.97 Å². The van der Waals surface area contributed by atoms with E-state index in [2.05, 4.69) is 0 Å². The van der Waals surface area contributed by atoms with Crippen LogP contribution in [0.5, 0.6) is 0 Å². The van der Waals surface area contributed by atoms with Crippen LogP contribution in [0.15, 0.2) is 30.3 Å². The standard InChI is InChI=1S/C14H18N2O3/c1-15(12-5-3-2-4-6-12)13(17)10-16-8-11(9-16)7-14(18)19/h2-6,11H,7-10H2,1H3,(H,18,19). The zero-order chi connectivity index (χ0) is 13.8. The molecule has 1 amide bonds. The van der Waals surface area contributed by atoms with E-state index in [0.717, 1.165) is 5.69 Å². The summed E-state index contributed by atoms with van der Waals surface area (Å²) < 4.78 is 0. The highest BCUT2D eigenvalue weighted by atomic mass is 16.4. The van der Waals surface area contributed by atoms with Crippen LogP contribution in [0.2, 0.25) is 0 Å². The average molecular weight is 262 g/mol. The molecule has 0 saturated carbocycles. The van der Waals surface area contributed by atoms with Gasteiger partial charge in [-0.25, -0.2) is 0 Å². The molecule has 1 heterocycles. The summed E-state index contributed by atoms with van der Waals surface area (Å²) in [5.74, 6) is -0.551. The maximum atomic E-state index is 12.0. The number of likely N-dealkylation sites (tertiary alicyclic amines) is 1. The number of carbonyl (C=O) groups excluding carboxylic acids is 1. The number of amides is 1. The Balaban J connectivity index is 1.78. The van der Waals surface area contributed by atoms with Gasteiger partial charge in [0.15, 0.2) is 0 Å². The van der Waals surface area contributed by atoms with E-state index in [1.165, 1.54) is 0 Å². The average Bonchev–Trinajstić information content (AvgIpc) is 2.35. The third-order valence-electron chi connectivity index (χ3n) is 3.37. The molecular formula is C14H18N2O3. The number of rotatable bonds is 5.